The number of nitrogens with one attached hydrogen (secondary N) is 1. The lowest BCUT2D eigenvalue weighted by atomic mass is 10.3. The van der Waals surface area contributed by atoms with Gasteiger partial charge < -0.3 is 15.5 Å². The minimum atomic E-state index is -0.628. The highest BCUT2D eigenvalue weighted by Crippen LogP contribution is 2.22. The summed E-state index contributed by atoms with van der Waals surface area (Å²) in [6, 6.07) is 0. The summed E-state index contributed by atoms with van der Waals surface area (Å²) in [5, 5.41) is 3.06. The van der Waals surface area contributed by atoms with Crippen LogP contribution in [0.3, 0.4) is 0 Å². The summed E-state index contributed by atoms with van der Waals surface area (Å²) < 4.78 is 1.34. The van der Waals surface area contributed by atoms with E-state index >= 15 is 0 Å². The lowest BCUT2D eigenvalue weighted by Crippen LogP contribution is -2.45. The number of hydrogen-bond acceptors (Lipinski definition) is 8. The summed E-state index contributed by atoms with van der Waals surface area (Å²) >= 11 is 1.64. The third kappa shape index (κ3) is 5.39. The molecule has 1 amide bonds. The van der Waals surface area contributed by atoms with E-state index in [0.29, 0.717) is 6.54 Å². The van der Waals surface area contributed by atoms with E-state index in [1.807, 2.05) is 19.2 Å². The van der Waals surface area contributed by atoms with Crippen LogP contribution in [0.1, 0.15) is 38.8 Å². The molecule has 0 atom stereocenters. The highest BCUT2D eigenvalue weighted by atomic mass is 32.1. The van der Waals surface area contributed by atoms with E-state index in [0.717, 1.165) is 56.3 Å². The number of aromatic nitrogens is 3. The molecule has 2 aromatic heterocycles. The standard InChI is InChI=1S/C21H33N7O3S/c1-4-6-10-28-18(22)17(19(30)24-20(28)31)27(5-2)16(29)13-25-8-7-9-26(12-11-25)21-23-15(3)14-32-21/h14H,4-13,22H2,1-3H3,(H,24,30,31). The molecule has 0 radical (unpaired) electrons. The zero-order chi connectivity index (χ0) is 23.3. The Morgan fingerprint density at radius 2 is 2.03 bits per heavy atom. The van der Waals surface area contributed by atoms with E-state index < -0.39 is 11.2 Å². The number of thiazole rings is 1. The van der Waals surface area contributed by atoms with Gasteiger partial charge >= 0.3 is 5.69 Å². The minimum absolute atomic E-state index is 0.0450. The van der Waals surface area contributed by atoms with Crippen molar-refractivity contribution >= 4 is 33.9 Å². The van der Waals surface area contributed by atoms with Gasteiger partial charge in [-0.05, 0) is 26.7 Å². The molecule has 3 heterocycles. The summed E-state index contributed by atoms with van der Waals surface area (Å²) in [7, 11) is 0. The fourth-order valence-electron chi connectivity index (χ4n) is 3.92. The zero-order valence-corrected chi connectivity index (χ0v) is 19.9. The lowest BCUT2D eigenvalue weighted by Gasteiger charge is -2.27. The summed E-state index contributed by atoms with van der Waals surface area (Å²) in [6.45, 7) is 9.86. The highest BCUT2D eigenvalue weighted by Gasteiger charge is 2.26. The Hall–Kier alpha value is -2.66. The Morgan fingerprint density at radius 1 is 1.25 bits per heavy atom. The van der Waals surface area contributed by atoms with Gasteiger partial charge in [0.15, 0.2) is 10.8 Å². The first-order valence-electron chi connectivity index (χ1n) is 11.2. The average Bonchev–Trinajstić information content (AvgIpc) is 3.05. The number of carbonyl (C=O) groups is 1. The van der Waals surface area contributed by atoms with Crippen LogP contribution in [-0.4, -0.2) is 64.6 Å². The van der Waals surface area contributed by atoms with Crippen LogP contribution in [0, 0.1) is 6.92 Å². The minimum Gasteiger partial charge on any atom is -0.383 e. The van der Waals surface area contributed by atoms with E-state index in [4.69, 9.17) is 5.73 Å². The van der Waals surface area contributed by atoms with Gasteiger partial charge in [-0.2, -0.15) is 0 Å². The SMILES string of the molecule is CCCCn1c(N)c(N(CC)C(=O)CN2CCCN(c3nc(C)cs3)CC2)c(=O)[nH]c1=O. The molecule has 0 bridgehead atoms. The van der Waals surface area contributed by atoms with Gasteiger partial charge in [0.05, 0.1) is 12.2 Å². The molecular formula is C21H33N7O3S. The molecule has 1 aliphatic rings. The molecule has 10 nitrogen and oxygen atoms in total. The van der Waals surface area contributed by atoms with Crippen molar-refractivity contribution in [3.8, 4) is 0 Å². The number of aromatic amines is 1. The lowest BCUT2D eigenvalue weighted by molar-refractivity contribution is -0.119. The molecule has 32 heavy (non-hydrogen) atoms. The van der Waals surface area contributed by atoms with E-state index in [1.165, 1.54) is 9.47 Å². The number of nitrogens with two attached hydrogens (primary N) is 1. The number of anilines is 3. The van der Waals surface area contributed by atoms with Crippen molar-refractivity contribution < 1.29 is 4.79 Å². The first-order chi connectivity index (χ1) is 15.3. The molecule has 0 spiro atoms. The molecule has 0 aromatic carbocycles. The van der Waals surface area contributed by atoms with Crippen molar-refractivity contribution in [1.29, 1.82) is 0 Å². The molecule has 0 aliphatic carbocycles. The second-order valence-corrected chi connectivity index (χ2v) is 8.86. The second-order valence-electron chi connectivity index (χ2n) is 8.02. The van der Waals surface area contributed by atoms with Crippen molar-refractivity contribution in [2.45, 2.75) is 46.6 Å². The maximum Gasteiger partial charge on any atom is 0.330 e. The first kappa shape index (κ1) is 24.0. The summed E-state index contributed by atoms with van der Waals surface area (Å²) in [5.74, 6) is -0.160. The Bertz CT molecular complexity index is 1040. The Labute approximate surface area is 191 Å². The monoisotopic (exact) mass is 463 g/mol. The van der Waals surface area contributed by atoms with Gasteiger partial charge in [-0.1, -0.05) is 13.3 Å². The maximum atomic E-state index is 13.2. The van der Waals surface area contributed by atoms with E-state index in [9.17, 15) is 14.4 Å². The third-order valence-electron chi connectivity index (χ3n) is 5.66. The van der Waals surface area contributed by atoms with Crippen LogP contribution in [-0.2, 0) is 11.3 Å². The van der Waals surface area contributed by atoms with Crippen molar-refractivity contribution in [3.63, 3.8) is 0 Å². The number of hydrogen-bond donors (Lipinski definition) is 2. The smallest absolute Gasteiger partial charge is 0.330 e. The summed E-state index contributed by atoms with van der Waals surface area (Å²) in [6.07, 6.45) is 2.55. The predicted octanol–water partition coefficient (Wildman–Crippen LogP) is 1.25. The second kappa shape index (κ2) is 10.8. The topological polar surface area (TPSA) is 121 Å². The highest BCUT2D eigenvalue weighted by molar-refractivity contribution is 7.13. The number of nitrogen functional groups attached to an aromatic ring is 1. The molecule has 0 saturated carbocycles. The van der Waals surface area contributed by atoms with Crippen LogP contribution in [0.2, 0.25) is 0 Å². The average molecular weight is 464 g/mol. The van der Waals surface area contributed by atoms with Gasteiger partial charge in [0.1, 0.15) is 5.82 Å². The number of unbranched alkanes of at least 4 members (excludes halogenated alkanes) is 1. The van der Waals surface area contributed by atoms with E-state index in [1.54, 1.807) is 18.3 Å². The number of amides is 1. The quantitative estimate of drug-likeness (QED) is 0.604. The number of H-pyrrole nitrogens is 1. The largest absolute Gasteiger partial charge is 0.383 e. The molecule has 11 heteroatoms. The van der Waals surface area contributed by atoms with Gasteiger partial charge in [-0.25, -0.2) is 9.78 Å². The molecule has 1 aliphatic heterocycles. The van der Waals surface area contributed by atoms with Crippen LogP contribution in [0.25, 0.3) is 0 Å². The maximum absolute atomic E-state index is 13.2. The van der Waals surface area contributed by atoms with Crippen LogP contribution < -0.4 is 26.8 Å². The Balaban J connectivity index is 1.74. The van der Waals surface area contributed by atoms with Crippen molar-refractivity contribution in [2.24, 2.45) is 0 Å². The number of carbonyl (C=O) groups excluding carboxylic acids is 1. The molecule has 3 N–H and O–H groups in total. The van der Waals surface area contributed by atoms with Crippen molar-refractivity contribution in [2.75, 3.05) is 54.8 Å². The molecule has 0 unspecified atom stereocenters. The van der Waals surface area contributed by atoms with Gasteiger partial charge in [0, 0.05) is 44.6 Å². The van der Waals surface area contributed by atoms with Gasteiger partial charge in [0.25, 0.3) is 5.56 Å². The van der Waals surface area contributed by atoms with E-state index in [-0.39, 0.29) is 30.5 Å². The molecule has 176 valence electrons. The predicted molar refractivity (Wildman–Crippen MR) is 129 cm³/mol. The van der Waals surface area contributed by atoms with Crippen LogP contribution in [0.5, 0.6) is 0 Å². The van der Waals surface area contributed by atoms with Crippen molar-refractivity contribution in [3.05, 3.63) is 31.9 Å². The van der Waals surface area contributed by atoms with Crippen LogP contribution in [0.4, 0.5) is 16.6 Å². The summed E-state index contributed by atoms with van der Waals surface area (Å²) in [4.78, 5) is 50.6. The molecule has 1 saturated heterocycles. The molecule has 1 fully saturated rings. The van der Waals surface area contributed by atoms with Crippen molar-refractivity contribution in [1.82, 2.24) is 19.4 Å². The van der Waals surface area contributed by atoms with Crippen LogP contribution in [0.15, 0.2) is 15.0 Å². The number of rotatable bonds is 8. The number of likely N-dealkylation sites (N-methyl/N-ethyl adjacent to an activating group) is 1. The fourth-order valence-corrected chi connectivity index (χ4v) is 4.78. The molecular weight excluding hydrogens is 430 g/mol. The first-order valence-corrected chi connectivity index (χ1v) is 12.1. The molecule has 3 rings (SSSR count). The van der Waals surface area contributed by atoms with Gasteiger partial charge in [-0.15, -0.1) is 11.3 Å². The molecule has 2 aromatic rings. The number of aryl methyl sites for hydroxylation is 1. The fraction of sp³-hybridized carbons (Fsp3) is 0.619. The summed E-state index contributed by atoms with van der Waals surface area (Å²) in [5.41, 5.74) is 6.11. The van der Waals surface area contributed by atoms with Gasteiger partial charge in [-0.3, -0.25) is 24.0 Å². The van der Waals surface area contributed by atoms with Crippen LogP contribution >= 0.6 is 11.3 Å². The normalized spacial score (nSPS) is 15.0. The van der Waals surface area contributed by atoms with E-state index in [2.05, 4.69) is 19.8 Å². The number of nitrogens with zero attached hydrogens (tertiary/aromatic N) is 5. The zero-order valence-electron chi connectivity index (χ0n) is 19.1. The third-order valence-corrected chi connectivity index (χ3v) is 6.68. The van der Waals surface area contributed by atoms with Gasteiger partial charge in [0.2, 0.25) is 5.91 Å². The Morgan fingerprint density at radius 3 is 2.69 bits per heavy atom. The Kier molecular flexibility index (Phi) is 8.08.